The highest BCUT2D eigenvalue weighted by Crippen LogP contribution is 2.26. The fourth-order valence-corrected chi connectivity index (χ4v) is 2.52. The monoisotopic (exact) mass is 263 g/mol. The first kappa shape index (κ1) is 11.7. The predicted octanol–water partition coefficient (Wildman–Crippen LogP) is -0.776. The number of nitrogens with zero attached hydrogens (tertiary/aromatic N) is 2. The molecule has 2 fully saturated rings. The highest BCUT2D eigenvalue weighted by molar-refractivity contribution is 6.07. The number of hydrogen-bond acceptors (Lipinski definition) is 4. The molecule has 0 bridgehead atoms. The molecule has 1 aromatic heterocycles. The van der Waals surface area contributed by atoms with Crippen molar-refractivity contribution in [3.8, 4) is 0 Å². The number of aromatic nitrogens is 2. The van der Waals surface area contributed by atoms with Crippen LogP contribution in [0.25, 0.3) is 0 Å². The molecule has 1 spiro atoms. The Morgan fingerprint density at radius 2 is 2.05 bits per heavy atom. The zero-order chi connectivity index (χ0) is 13.5. The number of hydrogen-bond donors (Lipinski definition) is 3. The van der Waals surface area contributed by atoms with Crippen molar-refractivity contribution in [2.24, 2.45) is 0 Å². The van der Waals surface area contributed by atoms with Crippen molar-refractivity contribution < 1.29 is 14.4 Å². The van der Waals surface area contributed by atoms with Gasteiger partial charge in [-0.05, 0) is 12.8 Å². The van der Waals surface area contributed by atoms with Crippen LogP contribution in [0.1, 0.15) is 23.2 Å². The molecule has 0 unspecified atom stereocenters. The van der Waals surface area contributed by atoms with E-state index in [9.17, 15) is 14.4 Å². The maximum atomic E-state index is 12.1. The van der Waals surface area contributed by atoms with Gasteiger partial charge in [0, 0.05) is 19.3 Å². The number of urea groups is 1. The summed E-state index contributed by atoms with van der Waals surface area (Å²) in [4.78, 5) is 36.7. The van der Waals surface area contributed by atoms with Crippen molar-refractivity contribution in [3.63, 3.8) is 0 Å². The average Bonchev–Trinajstić information content (AvgIpc) is 2.99. The third kappa shape index (κ3) is 1.85. The summed E-state index contributed by atoms with van der Waals surface area (Å²) in [7, 11) is 0. The lowest BCUT2D eigenvalue weighted by Crippen LogP contribution is -2.55. The first-order chi connectivity index (χ1) is 9.11. The van der Waals surface area contributed by atoms with Crippen LogP contribution in [0.4, 0.5) is 4.79 Å². The highest BCUT2D eigenvalue weighted by atomic mass is 16.2. The van der Waals surface area contributed by atoms with E-state index in [2.05, 4.69) is 20.8 Å². The molecule has 1 aromatic rings. The van der Waals surface area contributed by atoms with Crippen LogP contribution in [0.15, 0.2) is 12.4 Å². The molecule has 0 aliphatic carbocycles. The minimum absolute atomic E-state index is 0.117. The van der Waals surface area contributed by atoms with Gasteiger partial charge in [-0.25, -0.2) is 4.79 Å². The van der Waals surface area contributed by atoms with Crippen molar-refractivity contribution in [2.75, 3.05) is 13.1 Å². The van der Waals surface area contributed by atoms with Gasteiger partial charge in [0.15, 0.2) is 0 Å². The second-order valence-electron chi connectivity index (χ2n) is 4.77. The Labute approximate surface area is 108 Å². The van der Waals surface area contributed by atoms with Gasteiger partial charge in [0.2, 0.25) is 0 Å². The Morgan fingerprint density at radius 3 is 2.58 bits per heavy atom. The molecule has 19 heavy (non-hydrogen) atoms. The van der Waals surface area contributed by atoms with E-state index in [1.54, 1.807) is 4.90 Å². The molecule has 0 saturated carbocycles. The minimum atomic E-state index is -0.843. The number of piperidine rings is 1. The molecule has 2 saturated heterocycles. The van der Waals surface area contributed by atoms with Crippen LogP contribution < -0.4 is 10.6 Å². The molecular formula is C11H13N5O3. The normalized spacial score (nSPS) is 21.4. The number of imide groups is 1. The van der Waals surface area contributed by atoms with Crippen molar-refractivity contribution >= 4 is 17.8 Å². The Balaban J connectivity index is 1.68. The molecule has 4 amide bonds. The second-order valence-corrected chi connectivity index (χ2v) is 4.77. The van der Waals surface area contributed by atoms with E-state index in [-0.39, 0.29) is 11.8 Å². The number of nitrogens with one attached hydrogen (secondary N) is 3. The summed E-state index contributed by atoms with van der Waals surface area (Å²) in [5.74, 6) is -0.416. The lowest BCUT2D eigenvalue weighted by Gasteiger charge is -2.36. The zero-order valence-corrected chi connectivity index (χ0v) is 10.1. The predicted molar refractivity (Wildman–Crippen MR) is 63.1 cm³/mol. The summed E-state index contributed by atoms with van der Waals surface area (Å²) in [5, 5.41) is 11.2. The molecule has 2 aliphatic rings. The first-order valence-corrected chi connectivity index (χ1v) is 6.02. The third-order valence-electron chi connectivity index (χ3n) is 3.66. The molecule has 0 radical (unpaired) electrons. The van der Waals surface area contributed by atoms with E-state index in [0.29, 0.717) is 31.5 Å². The topological polar surface area (TPSA) is 107 Å². The van der Waals surface area contributed by atoms with Crippen LogP contribution in [-0.2, 0) is 4.79 Å². The molecule has 0 aromatic carbocycles. The number of carbonyl (C=O) groups is 3. The molecule has 100 valence electrons. The SMILES string of the molecule is O=C1NC(=O)C2(CCN(C(=O)c3cn[nH]c3)CC2)N1. The fraction of sp³-hybridized carbons (Fsp3) is 0.455. The van der Waals surface area contributed by atoms with Gasteiger partial charge < -0.3 is 10.2 Å². The third-order valence-corrected chi connectivity index (χ3v) is 3.66. The van der Waals surface area contributed by atoms with Crippen molar-refractivity contribution in [1.82, 2.24) is 25.7 Å². The lowest BCUT2D eigenvalue weighted by molar-refractivity contribution is -0.125. The maximum Gasteiger partial charge on any atom is 0.322 e. The van der Waals surface area contributed by atoms with Crippen LogP contribution in [0.3, 0.4) is 0 Å². The number of aromatic amines is 1. The Morgan fingerprint density at radius 1 is 1.32 bits per heavy atom. The molecule has 3 N–H and O–H groups in total. The number of H-pyrrole nitrogens is 1. The lowest BCUT2D eigenvalue weighted by atomic mass is 9.87. The van der Waals surface area contributed by atoms with E-state index in [4.69, 9.17) is 0 Å². The number of rotatable bonds is 1. The van der Waals surface area contributed by atoms with Crippen LogP contribution in [-0.4, -0.2) is 51.6 Å². The largest absolute Gasteiger partial charge is 0.338 e. The molecule has 2 aliphatic heterocycles. The number of carbonyl (C=O) groups excluding carboxylic acids is 3. The quantitative estimate of drug-likeness (QED) is 0.578. The summed E-state index contributed by atoms with van der Waals surface area (Å²) < 4.78 is 0. The maximum absolute atomic E-state index is 12.1. The fourth-order valence-electron chi connectivity index (χ4n) is 2.52. The van der Waals surface area contributed by atoms with Gasteiger partial charge >= 0.3 is 6.03 Å². The van der Waals surface area contributed by atoms with E-state index in [1.165, 1.54) is 12.4 Å². The second kappa shape index (κ2) is 4.08. The van der Waals surface area contributed by atoms with Gasteiger partial charge in [-0.1, -0.05) is 0 Å². The van der Waals surface area contributed by atoms with E-state index < -0.39 is 11.6 Å². The molecular weight excluding hydrogens is 250 g/mol. The van der Waals surface area contributed by atoms with Gasteiger partial charge in [0.25, 0.3) is 11.8 Å². The van der Waals surface area contributed by atoms with Gasteiger partial charge in [0.05, 0.1) is 11.8 Å². The molecule has 3 heterocycles. The summed E-state index contributed by atoms with van der Waals surface area (Å²) in [6, 6.07) is -0.459. The van der Waals surface area contributed by atoms with Crippen LogP contribution in [0.2, 0.25) is 0 Å². The Hall–Kier alpha value is -2.38. The van der Waals surface area contributed by atoms with Crippen molar-refractivity contribution in [1.29, 1.82) is 0 Å². The zero-order valence-electron chi connectivity index (χ0n) is 10.1. The summed E-state index contributed by atoms with van der Waals surface area (Å²) in [6.07, 6.45) is 3.86. The number of likely N-dealkylation sites (tertiary alicyclic amines) is 1. The van der Waals surface area contributed by atoms with E-state index >= 15 is 0 Å². The highest BCUT2D eigenvalue weighted by Gasteiger charge is 2.48. The average molecular weight is 263 g/mol. The summed E-state index contributed by atoms with van der Waals surface area (Å²) >= 11 is 0. The Bertz CT molecular complexity index is 531. The standard InChI is InChI=1S/C11H13N5O3/c17-8(7-5-12-13-6-7)16-3-1-11(2-4-16)9(18)14-10(19)15-11/h5-6H,1-4H2,(H,12,13)(H2,14,15,18,19). The smallest absolute Gasteiger partial charge is 0.322 e. The molecule has 3 rings (SSSR count). The van der Waals surface area contributed by atoms with Crippen LogP contribution >= 0.6 is 0 Å². The molecule has 8 nitrogen and oxygen atoms in total. The summed E-state index contributed by atoms with van der Waals surface area (Å²) in [5.41, 5.74) is -0.347. The number of amides is 4. The van der Waals surface area contributed by atoms with E-state index in [1.807, 2.05) is 0 Å². The van der Waals surface area contributed by atoms with Crippen molar-refractivity contribution in [3.05, 3.63) is 18.0 Å². The van der Waals surface area contributed by atoms with Gasteiger partial charge in [-0.15, -0.1) is 0 Å². The first-order valence-electron chi connectivity index (χ1n) is 6.02. The minimum Gasteiger partial charge on any atom is -0.338 e. The molecule has 8 heteroatoms. The molecule has 0 atom stereocenters. The van der Waals surface area contributed by atoms with Crippen LogP contribution in [0.5, 0.6) is 0 Å². The summed E-state index contributed by atoms with van der Waals surface area (Å²) in [6.45, 7) is 0.857. The Kier molecular flexibility index (Phi) is 2.51. The van der Waals surface area contributed by atoms with Crippen LogP contribution in [0, 0.1) is 0 Å². The van der Waals surface area contributed by atoms with Gasteiger partial charge in [0.1, 0.15) is 5.54 Å². The van der Waals surface area contributed by atoms with Crippen molar-refractivity contribution in [2.45, 2.75) is 18.4 Å². The van der Waals surface area contributed by atoms with E-state index in [0.717, 1.165) is 0 Å². The van der Waals surface area contributed by atoms with Gasteiger partial charge in [-0.2, -0.15) is 5.10 Å². The van der Waals surface area contributed by atoms with Gasteiger partial charge in [-0.3, -0.25) is 20.0 Å².